The Morgan fingerprint density at radius 3 is 2.36 bits per heavy atom. The molecule has 1 aromatic rings. The summed E-state index contributed by atoms with van der Waals surface area (Å²) in [5, 5.41) is 0. The third-order valence-corrected chi connectivity index (χ3v) is 3.09. The first-order valence-corrected chi connectivity index (χ1v) is 5.36. The molecule has 1 aromatic carbocycles. The average Bonchev–Trinajstić information content (AvgIpc) is 2.26. The molecule has 0 spiro atoms. The minimum atomic E-state index is -1.15. The Hall–Kier alpha value is -1.41. The van der Waals surface area contributed by atoms with Crippen molar-refractivity contribution in [2.24, 2.45) is 0 Å². The van der Waals surface area contributed by atoms with Gasteiger partial charge in [0.25, 0.3) is 0 Å². The van der Waals surface area contributed by atoms with Gasteiger partial charge in [-0.05, 0) is 18.2 Å². The van der Waals surface area contributed by atoms with E-state index in [0.717, 1.165) is 4.90 Å². The van der Waals surface area contributed by atoms with E-state index < -0.39 is 10.8 Å². The predicted molar refractivity (Wildman–Crippen MR) is 61.3 cm³/mol. The van der Waals surface area contributed by atoms with Crippen molar-refractivity contribution in [1.29, 1.82) is 0 Å². The first kappa shape index (κ1) is 10.7. The van der Waals surface area contributed by atoms with Crippen molar-refractivity contribution in [2.45, 2.75) is 4.90 Å². The molecule has 0 fully saturated rings. The van der Waals surface area contributed by atoms with E-state index in [2.05, 4.69) is 13.2 Å². The van der Waals surface area contributed by atoms with Gasteiger partial charge in [-0.3, -0.25) is 0 Å². The Bertz CT molecular complexity index is 377. The standard InChI is InChI=1S/C12H12OS/c1-3-8-11(4-2)14(13)12-9-6-5-7-10-12/h3-10H,1-2H2/b11-8+. The van der Waals surface area contributed by atoms with Crippen LogP contribution in [0.5, 0.6) is 0 Å². The highest BCUT2D eigenvalue weighted by Crippen LogP contribution is 2.14. The molecular weight excluding hydrogens is 192 g/mol. The Balaban J connectivity index is 3.01. The molecule has 0 N–H and O–H groups in total. The van der Waals surface area contributed by atoms with Gasteiger partial charge in [-0.2, -0.15) is 0 Å². The first-order valence-electron chi connectivity index (χ1n) is 4.21. The summed E-state index contributed by atoms with van der Waals surface area (Å²) in [5.74, 6) is 0. The zero-order chi connectivity index (χ0) is 10.4. The van der Waals surface area contributed by atoms with Gasteiger partial charge in [-0.15, -0.1) is 0 Å². The van der Waals surface area contributed by atoms with Crippen LogP contribution in [0.1, 0.15) is 0 Å². The molecule has 14 heavy (non-hydrogen) atoms. The molecule has 0 aromatic heterocycles. The maximum atomic E-state index is 11.9. The molecule has 1 atom stereocenters. The van der Waals surface area contributed by atoms with Gasteiger partial charge < -0.3 is 0 Å². The molecule has 1 nitrogen and oxygen atoms in total. The summed E-state index contributed by atoms with van der Waals surface area (Å²) >= 11 is 0. The molecule has 1 rings (SSSR count). The number of hydrogen-bond donors (Lipinski definition) is 0. The zero-order valence-electron chi connectivity index (χ0n) is 7.85. The molecule has 0 aliphatic heterocycles. The summed E-state index contributed by atoms with van der Waals surface area (Å²) in [6.45, 7) is 7.18. The van der Waals surface area contributed by atoms with E-state index in [1.165, 1.54) is 0 Å². The highest BCUT2D eigenvalue weighted by Gasteiger charge is 2.04. The van der Waals surface area contributed by atoms with Gasteiger partial charge in [0.1, 0.15) is 0 Å². The number of rotatable bonds is 4. The van der Waals surface area contributed by atoms with Crippen molar-refractivity contribution in [3.8, 4) is 0 Å². The summed E-state index contributed by atoms with van der Waals surface area (Å²) in [4.78, 5) is 1.45. The number of allylic oxidation sites excluding steroid dienone is 3. The van der Waals surface area contributed by atoms with Gasteiger partial charge in [0.05, 0.1) is 10.8 Å². The number of hydrogen-bond acceptors (Lipinski definition) is 1. The molecule has 0 bridgehead atoms. The molecule has 0 amide bonds. The monoisotopic (exact) mass is 204 g/mol. The van der Waals surface area contributed by atoms with Crippen molar-refractivity contribution in [1.82, 2.24) is 0 Å². The van der Waals surface area contributed by atoms with E-state index in [9.17, 15) is 4.21 Å². The van der Waals surface area contributed by atoms with Crippen LogP contribution in [0, 0.1) is 0 Å². The average molecular weight is 204 g/mol. The van der Waals surface area contributed by atoms with Gasteiger partial charge in [0, 0.05) is 9.80 Å². The molecule has 0 saturated carbocycles. The highest BCUT2D eigenvalue weighted by atomic mass is 32.2. The molecule has 2 heteroatoms. The van der Waals surface area contributed by atoms with Crippen molar-refractivity contribution < 1.29 is 4.21 Å². The van der Waals surface area contributed by atoms with Gasteiger partial charge in [0.2, 0.25) is 0 Å². The molecule has 1 unspecified atom stereocenters. The van der Waals surface area contributed by atoms with Crippen molar-refractivity contribution in [3.63, 3.8) is 0 Å². The Morgan fingerprint density at radius 2 is 1.86 bits per heavy atom. The maximum Gasteiger partial charge on any atom is 0.0849 e. The lowest BCUT2D eigenvalue weighted by Crippen LogP contribution is -1.92. The predicted octanol–water partition coefficient (Wildman–Crippen LogP) is 3.05. The maximum absolute atomic E-state index is 11.9. The van der Waals surface area contributed by atoms with Crippen LogP contribution in [0.25, 0.3) is 0 Å². The van der Waals surface area contributed by atoms with Crippen molar-refractivity contribution in [2.75, 3.05) is 0 Å². The summed E-state index contributed by atoms with van der Waals surface area (Å²) in [5.41, 5.74) is 0. The van der Waals surface area contributed by atoms with Crippen LogP contribution < -0.4 is 0 Å². The van der Waals surface area contributed by atoms with Crippen molar-refractivity contribution >= 4 is 10.8 Å². The lowest BCUT2D eigenvalue weighted by molar-refractivity contribution is 0.687. The van der Waals surface area contributed by atoms with Crippen LogP contribution in [0.2, 0.25) is 0 Å². The lowest BCUT2D eigenvalue weighted by atomic mass is 10.4. The van der Waals surface area contributed by atoms with Gasteiger partial charge in [-0.25, -0.2) is 4.21 Å². The Morgan fingerprint density at radius 1 is 1.21 bits per heavy atom. The molecule has 0 heterocycles. The summed E-state index contributed by atoms with van der Waals surface area (Å²) in [7, 11) is -1.15. The van der Waals surface area contributed by atoms with E-state index in [1.807, 2.05) is 30.3 Å². The van der Waals surface area contributed by atoms with E-state index in [1.54, 1.807) is 18.2 Å². The molecule has 0 saturated heterocycles. The molecule has 0 radical (unpaired) electrons. The summed E-state index contributed by atoms with van der Waals surface area (Å²) in [6, 6.07) is 9.28. The largest absolute Gasteiger partial charge is 0.249 e. The fourth-order valence-electron chi connectivity index (χ4n) is 1.00. The smallest absolute Gasteiger partial charge is 0.0849 e. The third kappa shape index (κ3) is 2.54. The Labute approximate surface area is 86.9 Å². The molecule has 0 aliphatic carbocycles. The SMILES string of the molecule is C=C/C=C(\C=C)S(=O)c1ccccc1. The van der Waals surface area contributed by atoms with Gasteiger partial charge >= 0.3 is 0 Å². The fourth-order valence-corrected chi connectivity index (χ4v) is 2.05. The molecule has 72 valence electrons. The first-order chi connectivity index (χ1) is 6.79. The second-order valence-electron chi connectivity index (χ2n) is 2.59. The van der Waals surface area contributed by atoms with Crippen LogP contribution >= 0.6 is 0 Å². The minimum absolute atomic E-state index is 0.672. The second kappa shape index (κ2) is 5.35. The molecular formula is C12H12OS. The van der Waals surface area contributed by atoms with Crippen LogP contribution in [0.4, 0.5) is 0 Å². The fraction of sp³-hybridized carbons (Fsp3) is 0. The van der Waals surface area contributed by atoms with E-state index in [0.29, 0.717) is 4.91 Å². The lowest BCUT2D eigenvalue weighted by Gasteiger charge is -2.01. The van der Waals surface area contributed by atoms with E-state index in [4.69, 9.17) is 0 Å². The molecule has 0 aliphatic rings. The van der Waals surface area contributed by atoms with Crippen LogP contribution in [0.3, 0.4) is 0 Å². The summed E-state index contributed by atoms with van der Waals surface area (Å²) in [6.07, 6.45) is 4.90. The summed E-state index contributed by atoms with van der Waals surface area (Å²) < 4.78 is 11.9. The van der Waals surface area contributed by atoms with E-state index >= 15 is 0 Å². The Kier molecular flexibility index (Phi) is 4.08. The topological polar surface area (TPSA) is 17.1 Å². The van der Waals surface area contributed by atoms with E-state index in [-0.39, 0.29) is 0 Å². The van der Waals surface area contributed by atoms with Crippen LogP contribution in [-0.4, -0.2) is 4.21 Å². The van der Waals surface area contributed by atoms with Crippen LogP contribution in [0.15, 0.2) is 71.5 Å². The minimum Gasteiger partial charge on any atom is -0.249 e. The second-order valence-corrected chi connectivity index (χ2v) is 4.07. The van der Waals surface area contributed by atoms with Crippen LogP contribution in [-0.2, 0) is 10.8 Å². The normalized spacial score (nSPS) is 13.3. The highest BCUT2D eigenvalue weighted by molar-refractivity contribution is 7.89. The van der Waals surface area contributed by atoms with Gasteiger partial charge in [-0.1, -0.05) is 43.5 Å². The third-order valence-electron chi connectivity index (χ3n) is 1.65. The zero-order valence-corrected chi connectivity index (χ0v) is 8.67. The van der Waals surface area contributed by atoms with Gasteiger partial charge in [0.15, 0.2) is 0 Å². The number of benzene rings is 1. The van der Waals surface area contributed by atoms with Crippen molar-refractivity contribution in [3.05, 3.63) is 66.6 Å². The quantitative estimate of drug-likeness (QED) is 0.689.